The van der Waals surface area contributed by atoms with Crippen LogP contribution in [0, 0.1) is 5.92 Å². The Morgan fingerprint density at radius 2 is 1.73 bits per heavy atom. The van der Waals surface area contributed by atoms with Gasteiger partial charge in [0.1, 0.15) is 5.75 Å². The lowest BCUT2D eigenvalue weighted by molar-refractivity contribution is 0.334. The lowest BCUT2D eigenvalue weighted by Crippen LogP contribution is -2.19. The topological polar surface area (TPSA) is 32.3 Å². The highest BCUT2D eigenvalue weighted by atomic mass is 35.5. The van der Waals surface area contributed by atoms with Crippen molar-refractivity contribution >= 4 is 34.5 Å². The average Bonchev–Trinajstić information content (AvgIpc) is 2.65. The molecule has 1 aliphatic rings. The van der Waals surface area contributed by atoms with Gasteiger partial charge in [0.25, 0.3) is 0 Å². The van der Waals surface area contributed by atoms with Crippen LogP contribution in [-0.2, 0) is 0 Å². The lowest BCUT2D eigenvalue weighted by Gasteiger charge is -2.29. The highest BCUT2D eigenvalue weighted by Gasteiger charge is 2.23. The summed E-state index contributed by atoms with van der Waals surface area (Å²) < 4.78 is 0. The van der Waals surface area contributed by atoms with Crippen LogP contribution < -0.4 is 5.32 Å². The second-order valence-electron chi connectivity index (χ2n) is 6.57. The molecule has 0 saturated heterocycles. The molecule has 26 heavy (non-hydrogen) atoms. The summed E-state index contributed by atoms with van der Waals surface area (Å²) in [7, 11) is 0. The maximum Gasteiger partial charge on any atom is 0.115 e. The van der Waals surface area contributed by atoms with Crippen LogP contribution in [0.25, 0.3) is 0 Å². The first-order valence-electron chi connectivity index (χ1n) is 9.44. The smallest absolute Gasteiger partial charge is 0.115 e. The Hall–Kier alpha value is -1.58. The predicted molar refractivity (Wildman–Crippen MR) is 116 cm³/mol. The molecule has 1 aliphatic carbocycles. The van der Waals surface area contributed by atoms with Crippen molar-refractivity contribution < 1.29 is 5.11 Å². The molecule has 2 aromatic rings. The summed E-state index contributed by atoms with van der Waals surface area (Å²) in [5.74, 6) is 1.60. The summed E-state index contributed by atoms with van der Waals surface area (Å²) >= 11 is 11.5. The van der Waals surface area contributed by atoms with Crippen molar-refractivity contribution in [1.82, 2.24) is 0 Å². The summed E-state index contributed by atoms with van der Waals surface area (Å²) in [6.07, 6.45) is 5.71. The Morgan fingerprint density at radius 3 is 2.35 bits per heavy atom. The number of thiocarbonyl (C=S) groups is 1. The fourth-order valence-corrected chi connectivity index (χ4v) is 4.03. The molecule has 2 N–H and O–H groups in total. The molecule has 2 aromatic carbocycles. The summed E-state index contributed by atoms with van der Waals surface area (Å²) in [6.45, 7) is 4.00. The molecular weight excluding hydrogens is 362 g/mol. The zero-order valence-electron chi connectivity index (χ0n) is 15.5. The van der Waals surface area contributed by atoms with E-state index >= 15 is 0 Å². The first-order valence-corrected chi connectivity index (χ1v) is 10.2. The van der Waals surface area contributed by atoms with Crippen LogP contribution in [0.2, 0.25) is 5.02 Å². The number of halogens is 1. The Labute approximate surface area is 167 Å². The van der Waals surface area contributed by atoms with Crippen LogP contribution in [0.5, 0.6) is 5.75 Å². The molecule has 0 atom stereocenters. The number of anilines is 1. The van der Waals surface area contributed by atoms with E-state index < -0.39 is 0 Å². The maximum absolute atomic E-state index is 9.40. The van der Waals surface area contributed by atoms with Gasteiger partial charge in [-0.1, -0.05) is 55.9 Å². The number of nitrogens with one attached hydrogen (secondary N) is 1. The van der Waals surface area contributed by atoms with Gasteiger partial charge in [-0.2, -0.15) is 0 Å². The molecule has 4 heteroatoms. The average molecular weight is 390 g/mol. The molecule has 3 rings (SSSR count). The normalized spacial score (nSPS) is 19.2. The standard InChI is InChI=1S/C20H22ClNOS.C2H6/c21-17-2-1-3-18(13-17)22-20(24)12-14-4-6-15(7-5-14)16-8-10-19(23)11-9-16;1-2/h1-3,8-11,13-15,23H,4-7,12H2,(H,22,24);1-2H3. The number of hydrogen-bond acceptors (Lipinski definition) is 2. The van der Waals surface area contributed by atoms with E-state index in [0.29, 0.717) is 17.6 Å². The molecule has 0 heterocycles. The summed E-state index contributed by atoms with van der Waals surface area (Å²) in [5, 5.41) is 13.4. The number of benzene rings is 2. The fourth-order valence-electron chi connectivity index (χ4n) is 3.49. The van der Waals surface area contributed by atoms with Gasteiger partial charge < -0.3 is 10.4 Å². The molecule has 0 unspecified atom stereocenters. The van der Waals surface area contributed by atoms with E-state index in [0.717, 1.165) is 22.1 Å². The van der Waals surface area contributed by atoms with E-state index in [1.54, 1.807) is 12.1 Å². The van der Waals surface area contributed by atoms with Crippen molar-refractivity contribution in [2.75, 3.05) is 5.32 Å². The van der Waals surface area contributed by atoms with Crippen molar-refractivity contribution in [2.24, 2.45) is 5.92 Å². The van der Waals surface area contributed by atoms with Crippen LogP contribution in [0.15, 0.2) is 48.5 Å². The van der Waals surface area contributed by atoms with Crippen LogP contribution in [0.1, 0.15) is 57.4 Å². The molecule has 2 nitrogen and oxygen atoms in total. The first kappa shape index (κ1) is 20.7. The minimum absolute atomic E-state index is 0.338. The first-order chi connectivity index (χ1) is 12.6. The molecule has 0 aliphatic heterocycles. The predicted octanol–water partition coefficient (Wildman–Crippen LogP) is 7.18. The molecule has 0 aromatic heterocycles. The maximum atomic E-state index is 9.40. The molecule has 0 spiro atoms. The van der Waals surface area contributed by atoms with Gasteiger partial charge in [0.15, 0.2) is 0 Å². The number of phenolic OH excluding ortho intramolecular Hbond substituents is 1. The summed E-state index contributed by atoms with van der Waals surface area (Å²) in [6, 6.07) is 15.3. The molecule has 140 valence electrons. The van der Waals surface area contributed by atoms with Crippen molar-refractivity contribution in [2.45, 2.75) is 51.9 Å². The van der Waals surface area contributed by atoms with E-state index in [9.17, 15) is 5.11 Å². The van der Waals surface area contributed by atoms with Gasteiger partial charge in [0.2, 0.25) is 0 Å². The Kier molecular flexibility index (Phi) is 8.40. The largest absolute Gasteiger partial charge is 0.508 e. The zero-order chi connectivity index (χ0) is 18.9. The van der Waals surface area contributed by atoms with Crippen molar-refractivity contribution in [3.05, 3.63) is 59.1 Å². The van der Waals surface area contributed by atoms with Gasteiger partial charge in [-0.3, -0.25) is 0 Å². The van der Waals surface area contributed by atoms with Crippen molar-refractivity contribution in [3.63, 3.8) is 0 Å². The van der Waals surface area contributed by atoms with Crippen molar-refractivity contribution in [1.29, 1.82) is 0 Å². The Bertz CT molecular complexity index is 694. The Balaban J connectivity index is 0.00000117. The zero-order valence-corrected chi connectivity index (χ0v) is 17.1. The van der Waals surface area contributed by atoms with E-state index in [2.05, 4.69) is 5.32 Å². The van der Waals surface area contributed by atoms with Gasteiger partial charge in [0.05, 0.1) is 4.99 Å². The minimum Gasteiger partial charge on any atom is -0.508 e. The SMILES string of the molecule is CC.Oc1ccc(C2CCC(CC(=S)Nc3cccc(Cl)c3)CC2)cc1. The van der Waals surface area contributed by atoms with E-state index in [-0.39, 0.29) is 0 Å². The van der Waals surface area contributed by atoms with Crippen LogP contribution in [0.4, 0.5) is 5.69 Å². The van der Waals surface area contributed by atoms with E-state index in [1.807, 2.05) is 50.2 Å². The molecular formula is C22H28ClNOS. The second kappa shape index (κ2) is 10.5. The van der Waals surface area contributed by atoms with Gasteiger partial charge in [-0.25, -0.2) is 0 Å². The summed E-state index contributed by atoms with van der Waals surface area (Å²) in [4.78, 5) is 0.894. The van der Waals surface area contributed by atoms with Crippen molar-refractivity contribution in [3.8, 4) is 5.75 Å². The molecule has 1 saturated carbocycles. The molecule has 0 bridgehead atoms. The Morgan fingerprint density at radius 1 is 1.08 bits per heavy atom. The van der Waals surface area contributed by atoms with Crippen LogP contribution >= 0.6 is 23.8 Å². The van der Waals surface area contributed by atoms with Crippen LogP contribution in [0.3, 0.4) is 0 Å². The second-order valence-corrected chi connectivity index (χ2v) is 7.50. The molecule has 0 amide bonds. The quantitative estimate of drug-likeness (QED) is 0.543. The van der Waals surface area contributed by atoms with Gasteiger partial charge in [-0.05, 0) is 73.4 Å². The molecule has 0 radical (unpaired) electrons. The van der Waals surface area contributed by atoms with Gasteiger partial charge in [0, 0.05) is 17.1 Å². The van der Waals surface area contributed by atoms with E-state index in [1.165, 1.54) is 31.2 Å². The van der Waals surface area contributed by atoms with E-state index in [4.69, 9.17) is 23.8 Å². The van der Waals surface area contributed by atoms with Gasteiger partial charge in [-0.15, -0.1) is 0 Å². The van der Waals surface area contributed by atoms with Crippen LogP contribution in [-0.4, -0.2) is 10.1 Å². The highest BCUT2D eigenvalue weighted by Crippen LogP contribution is 2.37. The highest BCUT2D eigenvalue weighted by molar-refractivity contribution is 7.80. The lowest BCUT2D eigenvalue weighted by atomic mass is 9.77. The monoisotopic (exact) mass is 389 g/mol. The number of phenols is 1. The number of rotatable bonds is 4. The number of aromatic hydroxyl groups is 1. The minimum atomic E-state index is 0.338. The van der Waals surface area contributed by atoms with Gasteiger partial charge >= 0.3 is 0 Å². The number of hydrogen-bond donors (Lipinski definition) is 2. The summed E-state index contributed by atoms with van der Waals surface area (Å²) in [5.41, 5.74) is 2.30. The fraction of sp³-hybridized carbons (Fsp3) is 0.409. The third-order valence-electron chi connectivity index (χ3n) is 4.79. The third-order valence-corrected chi connectivity index (χ3v) is 5.30. The third kappa shape index (κ3) is 6.30. The molecule has 1 fully saturated rings.